The molecule has 0 aromatic carbocycles. The summed E-state index contributed by atoms with van der Waals surface area (Å²) < 4.78 is 6.28. The van der Waals surface area contributed by atoms with Gasteiger partial charge in [-0.3, -0.25) is 0 Å². The molecule has 17 heavy (non-hydrogen) atoms. The van der Waals surface area contributed by atoms with Gasteiger partial charge in [-0.1, -0.05) is 25.2 Å². The first-order chi connectivity index (χ1) is 8.22. The summed E-state index contributed by atoms with van der Waals surface area (Å²) in [5.41, 5.74) is 0. The topological polar surface area (TPSA) is 51.6 Å². The second-order valence-electron chi connectivity index (χ2n) is 4.36. The van der Waals surface area contributed by atoms with Crippen molar-refractivity contribution in [1.29, 1.82) is 0 Å². The average molecular weight is 284 g/mol. The van der Waals surface area contributed by atoms with E-state index in [0.717, 1.165) is 14.5 Å². The van der Waals surface area contributed by atoms with Crippen LogP contribution >= 0.6 is 34.6 Å². The molecule has 7 heteroatoms. The number of hydrogen-bond donors (Lipinski definition) is 0. The first kappa shape index (κ1) is 11.6. The molecule has 0 amide bonds. The molecule has 1 fully saturated rings. The Kier molecular flexibility index (Phi) is 3.14. The molecule has 0 atom stereocenters. The zero-order valence-corrected chi connectivity index (χ0v) is 12.0. The van der Waals surface area contributed by atoms with Gasteiger partial charge in [0.2, 0.25) is 0 Å². The van der Waals surface area contributed by atoms with Crippen molar-refractivity contribution in [2.45, 2.75) is 47.2 Å². The van der Waals surface area contributed by atoms with E-state index in [0.29, 0.717) is 11.8 Å². The predicted molar refractivity (Wildman–Crippen MR) is 70.0 cm³/mol. The molecule has 3 rings (SSSR count). The molecule has 1 aliphatic carbocycles. The van der Waals surface area contributed by atoms with Crippen molar-refractivity contribution in [2.75, 3.05) is 0 Å². The highest BCUT2D eigenvalue weighted by atomic mass is 32.2. The minimum atomic E-state index is 0.386. The van der Waals surface area contributed by atoms with Crippen molar-refractivity contribution in [2.24, 2.45) is 0 Å². The minimum Gasteiger partial charge on any atom is -0.212 e. The Labute approximate surface area is 112 Å². The van der Waals surface area contributed by atoms with Crippen molar-refractivity contribution < 1.29 is 0 Å². The highest BCUT2D eigenvalue weighted by Crippen LogP contribution is 2.43. The molecule has 0 N–H and O–H groups in total. The smallest absolute Gasteiger partial charge is 0.181 e. The van der Waals surface area contributed by atoms with E-state index in [9.17, 15) is 0 Å². The first-order valence-corrected chi connectivity index (χ1v) is 7.98. The lowest BCUT2D eigenvalue weighted by atomic mass is 10.2. The van der Waals surface area contributed by atoms with Crippen LogP contribution in [0.1, 0.15) is 49.4 Å². The van der Waals surface area contributed by atoms with E-state index in [1.807, 2.05) is 0 Å². The maximum Gasteiger partial charge on any atom is 0.181 e. The Hall–Kier alpha value is -0.530. The van der Waals surface area contributed by atoms with Crippen LogP contribution in [0.15, 0.2) is 8.68 Å². The van der Waals surface area contributed by atoms with Gasteiger partial charge in [0.05, 0.1) is 0 Å². The summed E-state index contributed by atoms with van der Waals surface area (Å²) in [7, 11) is 0. The fourth-order valence-corrected chi connectivity index (χ4v) is 4.32. The number of hydrogen-bond acceptors (Lipinski definition) is 7. The Morgan fingerprint density at radius 3 is 2.71 bits per heavy atom. The lowest BCUT2D eigenvalue weighted by Crippen LogP contribution is -1.88. The van der Waals surface area contributed by atoms with Crippen LogP contribution in [-0.4, -0.2) is 19.6 Å². The van der Waals surface area contributed by atoms with Gasteiger partial charge in [-0.15, -0.1) is 10.2 Å². The second-order valence-corrected chi connectivity index (χ2v) is 7.61. The summed E-state index contributed by atoms with van der Waals surface area (Å²) in [5.74, 6) is 1.99. The van der Waals surface area contributed by atoms with E-state index >= 15 is 0 Å². The maximum atomic E-state index is 4.48. The molecule has 2 aromatic rings. The molecule has 2 aromatic heterocycles. The van der Waals surface area contributed by atoms with Crippen molar-refractivity contribution in [3.05, 3.63) is 10.8 Å². The lowest BCUT2D eigenvalue weighted by Gasteiger charge is -1.93. The third-order valence-corrected chi connectivity index (χ3v) is 5.36. The van der Waals surface area contributed by atoms with E-state index in [2.05, 4.69) is 33.4 Å². The quantitative estimate of drug-likeness (QED) is 0.859. The fraction of sp³-hybridized carbons (Fsp3) is 0.600. The SMILES string of the molecule is CC(C)c1nsc(Sc2nnc(C3CC3)s2)n1. The zero-order chi connectivity index (χ0) is 11.8. The zero-order valence-electron chi connectivity index (χ0n) is 9.58. The summed E-state index contributed by atoms with van der Waals surface area (Å²) in [6.45, 7) is 4.21. The maximum absolute atomic E-state index is 4.48. The van der Waals surface area contributed by atoms with E-state index in [1.54, 1.807) is 23.1 Å². The molecule has 1 aliphatic rings. The Morgan fingerprint density at radius 1 is 1.24 bits per heavy atom. The van der Waals surface area contributed by atoms with Crippen molar-refractivity contribution in [1.82, 2.24) is 19.6 Å². The van der Waals surface area contributed by atoms with Crippen LogP contribution in [0.25, 0.3) is 0 Å². The first-order valence-electron chi connectivity index (χ1n) is 5.57. The third kappa shape index (κ3) is 2.66. The molecule has 2 heterocycles. The van der Waals surface area contributed by atoms with Crippen LogP contribution in [0.5, 0.6) is 0 Å². The van der Waals surface area contributed by atoms with Crippen molar-refractivity contribution in [3.8, 4) is 0 Å². The summed E-state index contributed by atoms with van der Waals surface area (Å²) in [4.78, 5) is 4.48. The van der Waals surface area contributed by atoms with E-state index in [-0.39, 0.29) is 0 Å². The number of rotatable bonds is 4. The average Bonchev–Trinajstić information content (AvgIpc) is 2.87. The lowest BCUT2D eigenvalue weighted by molar-refractivity contribution is 0.789. The highest BCUT2D eigenvalue weighted by Gasteiger charge is 2.27. The standard InChI is InChI=1S/C10H12N4S3/c1-5(2)7-11-9(17-14-7)16-10-13-12-8(15-10)6-3-4-6/h5-6H,3-4H2,1-2H3. The summed E-state index contributed by atoms with van der Waals surface area (Å²) in [6.07, 6.45) is 2.55. The number of nitrogens with zero attached hydrogens (tertiary/aromatic N) is 4. The van der Waals surface area contributed by atoms with Crippen LogP contribution in [0.4, 0.5) is 0 Å². The van der Waals surface area contributed by atoms with Gasteiger partial charge in [0, 0.05) is 11.8 Å². The molecule has 0 saturated heterocycles. The normalized spacial score (nSPS) is 15.7. The molecule has 0 unspecified atom stereocenters. The van der Waals surface area contributed by atoms with Crippen molar-refractivity contribution >= 4 is 34.6 Å². The molecular formula is C10H12N4S3. The molecule has 0 spiro atoms. The largest absolute Gasteiger partial charge is 0.212 e. The van der Waals surface area contributed by atoms with Gasteiger partial charge >= 0.3 is 0 Å². The third-order valence-electron chi connectivity index (χ3n) is 2.46. The van der Waals surface area contributed by atoms with Gasteiger partial charge in [0.25, 0.3) is 0 Å². The van der Waals surface area contributed by atoms with Gasteiger partial charge in [-0.25, -0.2) is 4.98 Å². The Bertz CT molecular complexity index is 477. The van der Waals surface area contributed by atoms with Crippen LogP contribution in [0.2, 0.25) is 0 Å². The van der Waals surface area contributed by atoms with Crippen LogP contribution in [0, 0.1) is 0 Å². The molecular weight excluding hydrogens is 272 g/mol. The molecule has 0 radical (unpaired) electrons. The van der Waals surface area contributed by atoms with Crippen LogP contribution in [0.3, 0.4) is 0 Å². The summed E-state index contributed by atoms with van der Waals surface area (Å²) >= 11 is 4.72. The van der Waals surface area contributed by atoms with Gasteiger partial charge in [-0.05, 0) is 36.1 Å². The van der Waals surface area contributed by atoms with E-state index in [4.69, 9.17) is 0 Å². The number of aromatic nitrogens is 4. The summed E-state index contributed by atoms with van der Waals surface area (Å²) in [6, 6.07) is 0. The van der Waals surface area contributed by atoms with E-state index < -0.39 is 0 Å². The van der Waals surface area contributed by atoms with Crippen LogP contribution in [-0.2, 0) is 0 Å². The predicted octanol–water partition coefficient (Wildman–Crippen LogP) is 3.54. The summed E-state index contributed by atoms with van der Waals surface area (Å²) in [5, 5.41) is 9.60. The fourth-order valence-electron chi connectivity index (χ4n) is 1.33. The van der Waals surface area contributed by atoms with Gasteiger partial charge in [0.1, 0.15) is 10.8 Å². The van der Waals surface area contributed by atoms with Gasteiger partial charge in [-0.2, -0.15) is 4.37 Å². The molecule has 0 bridgehead atoms. The van der Waals surface area contributed by atoms with E-state index in [1.165, 1.54) is 29.4 Å². The Morgan fingerprint density at radius 2 is 2.06 bits per heavy atom. The molecule has 4 nitrogen and oxygen atoms in total. The van der Waals surface area contributed by atoms with Gasteiger partial charge in [0.15, 0.2) is 8.68 Å². The Balaban J connectivity index is 1.71. The molecule has 0 aliphatic heterocycles. The molecule has 1 saturated carbocycles. The van der Waals surface area contributed by atoms with Crippen molar-refractivity contribution in [3.63, 3.8) is 0 Å². The van der Waals surface area contributed by atoms with Gasteiger partial charge < -0.3 is 0 Å². The second kappa shape index (κ2) is 4.62. The molecule has 90 valence electrons. The van der Waals surface area contributed by atoms with Crippen LogP contribution < -0.4 is 0 Å². The highest BCUT2D eigenvalue weighted by molar-refractivity contribution is 8.02. The monoisotopic (exact) mass is 284 g/mol. The minimum absolute atomic E-state index is 0.386.